The summed E-state index contributed by atoms with van der Waals surface area (Å²) >= 11 is 1.00. The van der Waals surface area contributed by atoms with Gasteiger partial charge in [-0.25, -0.2) is 0 Å². The number of carbonyl (C=O) groups is 3. The lowest BCUT2D eigenvalue weighted by molar-refractivity contribution is -0.152. The largest absolute Gasteiger partial charge is 0.497 e. The molecule has 1 aliphatic heterocycles. The van der Waals surface area contributed by atoms with Crippen molar-refractivity contribution in [1.82, 2.24) is 5.32 Å². The fourth-order valence-corrected chi connectivity index (χ4v) is 4.67. The van der Waals surface area contributed by atoms with Crippen LogP contribution in [0.2, 0.25) is 0 Å². The number of anilines is 1. The number of esters is 1. The van der Waals surface area contributed by atoms with Gasteiger partial charge >= 0.3 is 5.97 Å². The molecule has 36 heavy (non-hydrogen) atoms. The predicted octanol–water partition coefficient (Wildman–Crippen LogP) is 3.59. The van der Waals surface area contributed by atoms with E-state index in [1.165, 1.54) is 7.11 Å². The van der Waals surface area contributed by atoms with Crippen LogP contribution in [0.5, 0.6) is 11.5 Å². The first kappa shape index (κ1) is 26.6. The number of nitrogens with one attached hydrogen (secondary N) is 2. The van der Waals surface area contributed by atoms with Gasteiger partial charge in [-0.3, -0.25) is 14.4 Å². The van der Waals surface area contributed by atoms with Crippen molar-refractivity contribution < 1.29 is 28.6 Å². The molecule has 2 aromatic carbocycles. The van der Waals surface area contributed by atoms with Gasteiger partial charge in [-0.15, -0.1) is 0 Å². The van der Waals surface area contributed by atoms with Crippen molar-refractivity contribution in [2.75, 3.05) is 31.4 Å². The van der Waals surface area contributed by atoms with Crippen molar-refractivity contribution >= 4 is 35.2 Å². The Balaban J connectivity index is 1.93. The van der Waals surface area contributed by atoms with Crippen LogP contribution in [0.25, 0.3) is 0 Å². The average Bonchev–Trinajstić information content (AvgIpc) is 2.87. The number of nitriles is 1. The molecule has 0 saturated carbocycles. The van der Waals surface area contributed by atoms with Crippen LogP contribution in [-0.4, -0.2) is 43.9 Å². The first-order valence-electron chi connectivity index (χ1n) is 11.3. The van der Waals surface area contributed by atoms with Gasteiger partial charge in [0.25, 0.3) is 0 Å². The van der Waals surface area contributed by atoms with Crippen LogP contribution in [0.1, 0.15) is 25.3 Å². The quantitative estimate of drug-likeness (QED) is 0.368. The molecule has 1 heterocycles. The second-order valence-corrected chi connectivity index (χ2v) is 8.58. The maximum absolute atomic E-state index is 13.1. The smallest absolute Gasteiger partial charge is 0.319 e. The molecule has 2 amide bonds. The highest BCUT2D eigenvalue weighted by atomic mass is 32.2. The first-order chi connectivity index (χ1) is 17.4. The molecule has 3 rings (SSSR count). The molecule has 0 spiro atoms. The fraction of sp³-hybridized carbons (Fsp3) is 0.308. The number of para-hydroxylation sites is 1. The monoisotopic (exact) mass is 509 g/mol. The van der Waals surface area contributed by atoms with Crippen molar-refractivity contribution in [3.8, 4) is 17.6 Å². The van der Waals surface area contributed by atoms with E-state index in [4.69, 9.17) is 14.2 Å². The minimum absolute atomic E-state index is 0.0814. The Hall–Kier alpha value is -3.97. The number of amides is 2. The Morgan fingerprint density at radius 2 is 1.92 bits per heavy atom. The number of allylic oxidation sites excluding steroid dienone is 1. The van der Waals surface area contributed by atoms with Gasteiger partial charge in [0.15, 0.2) is 0 Å². The van der Waals surface area contributed by atoms with Crippen molar-refractivity contribution in [2.24, 2.45) is 5.92 Å². The molecule has 0 aromatic heterocycles. The zero-order valence-electron chi connectivity index (χ0n) is 20.2. The van der Waals surface area contributed by atoms with Gasteiger partial charge in [0.2, 0.25) is 11.8 Å². The molecule has 0 aliphatic carbocycles. The molecule has 188 valence electrons. The van der Waals surface area contributed by atoms with Crippen LogP contribution in [0.3, 0.4) is 0 Å². The van der Waals surface area contributed by atoms with Crippen LogP contribution < -0.4 is 20.1 Å². The summed E-state index contributed by atoms with van der Waals surface area (Å²) in [5.74, 6) is -2.94. The molecule has 1 aliphatic rings. The normalized spacial score (nSPS) is 17.0. The van der Waals surface area contributed by atoms with Gasteiger partial charge in [-0.1, -0.05) is 36.0 Å². The first-order valence-corrected chi connectivity index (χ1v) is 12.3. The van der Waals surface area contributed by atoms with E-state index in [1.54, 1.807) is 55.5 Å². The van der Waals surface area contributed by atoms with E-state index in [-0.39, 0.29) is 28.9 Å². The zero-order valence-corrected chi connectivity index (χ0v) is 21.0. The Morgan fingerprint density at radius 1 is 1.14 bits per heavy atom. The summed E-state index contributed by atoms with van der Waals surface area (Å²) in [6, 6.07) is 16.0. The highest BCUT2D eigenvalue weighted by Gasteiger charge is 2.45. The summed E-state index contributed by atoms with van der Waals surface area (Å²) in [5.41, 5.74) is 1.22. The number of hydrogen-bond acceptors (Lipinski definition) is 8. The minimum atomic E-state index is -1.28. The second kappa shape index (κ2) is 12.7. The molecular formula is C26H27N3O6S. The number of nitrogens with zero attached hydrogens (tertiary/aromatic N) is 1. The molecule has 0 radical (unpaired) electrons. The number of carbonyl (C=O) groups excluding carboxylic acids is 3. The maximum Gasteiger partial charge on any atom is 0.319 e. The number of thioether (sulfide) groups is 1. The van der Waals surface area contributed by atoms with Gasteiger partial charge in [0.05, 0.1) is 42.7 Å². The van der Waals surface area contributed by atoms with E-state index in [0.29, 0.717) is 29.4 Å². The fourth-order valence-electron chi connectivity index (χ4n) is 3.82. The van der Waals surface area contributed by atoms with E-state index in [2.05, 4.69) is 16.7 Å². The van der Waals surface area contributed by atoms with Crippen molar-refractivity contribution in [3.05, 3.63) is 64.7 Å². The molecule has 10 heteroatoms. The Morgan fingerprint density at radius 3 is 2.61 bits per heavy atom. The van der Waals surface area contributed by atoms with Gasteiger partial charge in [-0.2, -0.15) is 5.26 Å². The Bertz CT molecular complexity index is 1210. The van der Waals surface area contributed by atoms with E-state index < -0.39 is 23.7 Å². The van der Waals surface area contributed by atoms with E-state index in [1.807, 2.05) is 6.92 Å². The van der Waals surface area contributed by atoms with Crippen molar-refractivity contribution in [1.29, 1.82) is 5.26 Å². The number of ether oxygens (including phenoxy) is 3. The predicted molar refractivity (Wildman–Crippen MR) is 135 cm³/mol. The highest BCUT2D eigenvalue weighted by Crippen LogP contribution is 2.43. The van der Waals surface area contributed by atoms with Gasteiger partial charge in [-0.05, 0) is 32.0 Å². The summed E-state index contributed by atoms with van der Waals surface area (Å²) in [4.78, 5) is 38.5. The van der Waals surface area contributed by atoms with Crippen molar-refractivity contribution in [2.45, 2.75) is 19.8 Å². The molecule has 2 aromatic rings. The highest BCUT2D eigenvalue weighted by molar-refractivity contribution is 8.03. The lowest BCUT2D eigenvalue weighted by Gasteiger charge is -2.32. The van der Waals surface area contributed by atoms with Gasteiger partial charge in [0.1, 0.15) is 17.4 Å². The second-order valence-electron chi connectivity index (χ2n) is 7.59. The number of benzene rings is 2. The van der Waals surface area contributed by atoms with Crippen molar-refractivity contribution in [3.63, 3.8) is 0 Å². The minimum Gasteiger partial charge on any atom is -0.497 e. The third kappa shape index (κ3) is 6.17. The number of rotatable bonds is 10. The van der Waals surface area contributed by atoms with Crippen LogP contribution in [0, 0.1) is 17.2 Å². The third-order valence-corrected chi connectivity index (χ3v) is 6.34. The molecule has 0 bridgehead atoms. The standard InChI is InChI=1S/C26H27N3O6S/c1-4-34-20-12-7-6-11-18(20)22-19(14-27)25(29-24(31)23(22)26(32)35-5-2)36-15-21(30)28-16-9-8-10-17(13-16)33-3/h6-13,22-23H,4-5,15H2,1-3H3,(H,28,30)(H,29,31)/t22-,23-/m1/s1. The van der Waals surface area contributed by atoms with Crippen LogP contribution in [0.15, 0.2) is 59.1 Å². The lowest BCUT2D eigenvalue weighted by Crippen LogP contribution is -2.44. The summed E-state index contributed by atoms with van der Waals surface area (Å²) in [5, 5.41) is 15.7. The molecule has 0 unspecified atom stereocenters. The summed E-state index contributed by atoms with van der Waals surface area (Å²) in [6.45, 7) is 3.90. The maximum atomic E-state index is 13.1. The van der Waals surface area contributed by atoms with Gasteiger partial charge < -0.3 is 24.8 Å². The Kier molecular flexibility index (Phi) is 9.36. The van der Waals surface area contributed by atoms with E-state index >= 15 is 0 Å². The molecule has 9 nitrogen and oxygen atoms in total. The molecule has 0 fully saturated rings. The molecule has 0 saturated heterocycles. The third-order valence-electron chi connectivity index (χ3n) is 5.32. The summed E-state index contributed by atoms with van der Waals surface area (Å²) in [7, 11) is 1.53. The lowest BCUT2D eigenvalue weighted by atomic mass is 9.78. The van der Waals surface area contributed by atoms with Crippen LogP contribution in [-0.2, 0) is 19.1 Å². The van der Waals surface area contributed by atoms with Gasteiger partial charge in [0, 0.05) is 23.2 Å². The number of methoxy groups -OCH3 is 1. The average molecular weight is 510 g/mol. The summed E-state index contributed by atoms with van der Waals surface area (Å²) < 4.78 is 16.1. The SMILES string of the molecule is CCOC(=O)[C@H]1C(=O)NC(SCC(=O)Nc2cccc(OC)c2)=C(C#N)[C@H]1c1ccccc1OCC. The van der Waals surface area contributed by atoms with E-state index in [9.17, 15) is 19.6 Å². The van der Waals surface area contributed by atoms with Crippen LogP contribution >= 0.6 is 11.8 Å². The molecule has 2 atom stereocenters. The summed E-state index contributed by atoms with van der Waals surface area (Å²) in [6.07, 6.45) is 0. The van der Waals surface area contributed by atoms with Crippen LogP contribution in [0.4, 0.5) is 5.69 Å². The zero-order chi connectivity index (χ0) is 26.1. The molecular weight excluding hydrogens is 482 g/mol. The molecule has 2 N–H and O–H groups in total. The van der Waals surface area contributed by atoms with E-state index in [0.717, 1.165) is 11.8 Å². The Labute approximate surface area is 213 Å². The number of hydrogen-bond donors (Lipinski definition) is 2. The topological polar surface area (TPSA) is 127 Å².